The third-order valence-electron chi connectivity index (χ3n) is 6.08. The smallest absolute Gasteiger partial charge is 0.257 e. The number of carbonyl (C=O) groups is 3. The highest BCUT2D eigenvalue weighted by molar-refractivity contribution is 7.91. The van der Waals surface area contributed by atoms with Gasteiger partial charge in [-0.15, -0.1) is 11.3 Å². The SMILES string of the molecule is O=C(NCCNCl)c1ccc(-c2ncc(CNC(=O)c3ccc4c(c3)NC(=O)c3ccccc3S4(=O)=O)s2)cc1. The van der Waals surface area contributed by atoms with Gasteiger partial charge in [0, 0.05) is 40.9 Å². The van der Waals surface area contributed by atoms with Crippen LogP contribution in [0.25, 0.3) is 10.6 Å². The molecule has 0 spiro atoms. The van der Waals surface area contributed by atoms with Crippen molar-refractivity contribution < 1.29 is 22.8 Å². The maximum atomic E-state index is 13.2. The lowest BCUT2D eigenvalue weighted by molar-refractivity contribution is 0.0944. The largest absolute Gasteiger partial charge is 0.351 e. The van der Waals surface area contributed by atoms with Crippen molar-refractivity contribution in [2.75, 3.05) is 18.4 Å². The third kappa shape index (κ3) is 5.61. The molecule has 5 rings (SSSR count). The van der Waals surface area contributed by atoms with E-state index in [-0.39, 0.29) is 39.1 Å². The standard InChI is InChI=1S/C27H22ClN5O5S2/c28-32-12-11-29-24(34)16-5-7-17(8-6-16)27-31-15-19(39-27)14-30-25(35)18-9-10-23-21(13-18)33-26(36)20-3-1-2-4-22(20)40(23,37)38/h1-10,13,15,32H,11-12,14H2,(H,29,34)(H,30,35)(H,33,36). The maximum absolute atomic E-state index is 13.2. The van der Waals surface area contributed by atoms with E-state index in [9.17, 15) is 22.8 Å². The van der Waals surface area contributed by atoms with Gasteiger partial charge >= 0.3 is 0 Å². The Labute approximate surface area is 238 Å². The molecule has 0 saturated heterocycles. The molecule has 2 heterocycles. The van der Waals surface area contributed by atoms with Crippen LogP contribution in [0, 0.1) is 0 Å². The Kier molecular flexibility index (Phi) is 7.94. The Hall–Kier alpha value is -4.10. The first-order chi connectivity index (χ1) is 19.3. The molecule has 0 bridgehead atoms. The number of thiazole rings is 1. The highest BCUT2D eigenvalue weighted by Gasteiger charge is 2.31. The molecule has 40 heavy (non-hydrogen) atoms. The predicted octanol–water partition coefficient (Wildman–Crippen LogP) is 3.61. The highest BCUT2D eigenvalue weighted by Crippen LogP contribution is 2.34. The molecule has 3 amide bonds. The number of hydrogen-bond acceptors (Lipinski definition) is 8. The summed E-state index contributed by atoms with van der Waals surface area (Å²) in [6, 6.07) is 17.1. The average molecular weight is 596 g/mol. The summed E-state index contributed by atoms with van der Waals surface area (Å²) in [6.07, 6.45) is 1.65. The molecule has 4 N–H and O–H groups in total. The van der Waals surface area contributed by atoms with Crippen molar-refractivity contribution >= 4 is 56.4 Å². The number of nitrogens with zero attached hydrogens (tertiary/aromatic N) is 1. The van der Waals surface area contributed by atoms with E-state index in [1.807, 2.05) is 0 Å². The summed E-state index contributed by atoms with van der Waals surface area (Å²) in [5, 5.41) is 8.88. The van der Waals surface area contributed by atoms with Gasteiger partial charge in [-0.25, -0.2) is 18.2 Å². The Balaban J connectivity index is 1.25. The van der Waals surface area contributed by atoms with Gasteiger partial charge in [0.2, 0.25) is 9.84 Å². The van der Waals surface area contributed by atoms with Crippen molar-refractivity contribution in [3.8, 4) is 10.6 Å². The van der Waals surface area contributed by atoms with E-state index in [1.165, 1.54) is 41.7 Å². The first kappa shape index (κ1) is 27.5. The molecule has 1 aromatic heterocycles. The van der Waals surface area contributed by atoms with Gasteiger partial charge in [0.05, 0.1) is 27.6 Å². The Bertz CT molecular complexity index is 1720. The Morgan fingerprint density at radius 2 is 1.62 bits per heavy atom. The van der Waals surface area contributed by atoms with Crippen molar-refractivity contribution in [3.05, 3.63) is 94.5 Å². The zero-order chi connectivity index (χ0) is 28.3. The van der Waals surface area contributed by atoms with E-state index < -0.39 is 21.7 Å². The van der Waals surface area contributed by atoms with E-state index in [4.69, 9.17) is 11.8 Å². The van der Waals surface area contributed by atoms with Crippen LogP contribution in [-0.4, -0.2) is 44.2 Å². The molecule has 0 saturated carbocycles. The highest BCUT2D eigenvalue weighted by atomic mass is 35.5. The van der Waals surface area contributed by atoms with Crippen LogP contribution in [0.3, 0.4) is 0 Å². The van der Waals surface area contributed by atoms with Crippen LogP contribution in [0.15, 0.2) is 82.7 Å². The van der Waals surface area contributed by atoms with Gasteiger partial charge in [0.25, 0.3) is 17.7 Å². The summed E-state index contributed by atoms with van der Waals surface area (Å²) in [5.74, 6) is -1.21. The number of nitrogens with one attached hydrogen (secondary N) is 4. The van der Waals surface area contributed by atoms with Gasteiger partial charge in [0.1, 0.15) is 5.01 Å². The number of benzene rings is 3. The molecule has 0 fully saturated rings. The first-order valence-electron chi connectivity index (χ1n) is 12.0. The zero-order valence-corrected chi connectivity index (χ0v) is 23.1. The summed E-state index contributed by atoms with van der Waals surface area (Å²) >= 11 is 6.78. The minimum absolute atomic E-state index is 0.0433. The molecule has 10 nitrogen and oxygen atoms in total. The number of halogens is 1. The van der Waals surface area contributed by atoms with Crippen LogP contribution in [0.4, 0.5) is 5.69 Å². The number of hydrogen-bond donors (Lipinski definition) is 4. The minimum Gasteiger partial charge on any atom is -0.351 e. The molecule has 0 aliphatic carbocycles. The Morgan fingerprint density at radius 3 is 2.40 bits per heavy atom. The summed E-state index contributed by atoms with van der Waals surface area (Å²) in [7, 11) is -3.96. The molecular weight excluding hydrogens is 574 g/mol. The van der Waals surface area contributed by atoms with Gasteiger partial charge in [-0.05, 0) is 54.2 Å². The molecule has 0 unspecified atom stereocenters. The van der Waals surface area contributed by atoms with Crippen LogP contribution in [0.1, 0.15) is 36.0 Å². The topological polar surface area (TPSA) is 146 Å². The average Bonchev–Trinajstić information content (AvgIpc) is 3.42. The fraction of sp³-hybridized carbons (Fsp3) is 0.111. The molecule has 3 aromatic carbocycles. The minimum atomic E-state index is -3.96. The molecule has 13 heteroatoms. The number of amides is 3. The lowest BCUT2D eigenvalue weighted by Crippen LogP contribution is -2.29. The molecule has 204 valence electrons. The van der Waals surface area contributed by atoms with Crippen LogP contribution in [-0.2, 0) is 16.4 Å². The van der Waals surface area contributed by atoms with Crippen molar-refractivity contribution in [1.82, 2.24) is 20.5 Å². The first-order valence-corrected chi connectivity index (χ1v) is 14.7. The molecule has 0 radical (unpaired) electrons. The number of sulfone groups is 1. The van der Waals surface area contributed by atoms with Gasteiger partial charge < -0.3 is 16.0 Å². The zero-order valence-electron chi connectivity index (χ0n) is 20.7. The van der Waals surface area contributed by atoms with Gasteiger partial charge in [0.15, 0.2) is 0 Å². The van der Waals surface area contributed by atoms with Crippen LogP contribution < -0.4 is 20.8 Å². The Morgan fingerprint density at radius 1 is 0.900 bits per heavy atom. The van der Waals surface area contributed by atoms with E-state index >= 15 is 0 Å². The lowest BCUT2D eigenvalue weighted by Gasteiger charge is -2.10. The second-order valence-electron chi connectivity index (χ2n) is 8.70. The lowest BCUT2D eigenvalue weighted by atomic mass is 10.1. The van der Waals surface area contributed by atoms with Gasteiger partial charge in [-0.3, -0.25) is 14.4 Å². The predicted molar refractivity (Wildman–Crippen MR) is 151 cm³/mol. The summed E-state index contributed by atoms with van der Waals surface area (Å²) in [4.78, 5) is 45.2. The van der Waals surface area contributed by atoms with Crippen molar-refractivity contribution in [2.45, 2.75) is 16.3 Å². The van der Waals surface area contributed by atoms with E-state index in [2.05, 4.69) is 25.8 Å². The number of rotatable bonds is 8. The van der Waals surface area contributed by atoms with Crippen LogP contribution in [0.2, 0.25) is 0 Å². The number of aromatic nitrogens is 1. The number of carbonyl (C=O) groups excluding carboxylic acids is 3. The van der Waals surface area contributed by atoms with E-state index in [0.29, 0.717) is 18.7 Å². The summed E-state index contributed by atoms with van der Waals surface area (Å²) in [6.45, 7) is 1.04. The normalized spacial score (nSPS) is 13.4. The maximum Gasteiger partial charge on any atom is 0.257 e. The fourth-order valence-corrected chi connectivity index (χ4v) is 6.63. The summed E-state index contributed by atoms with van der Waals surface area (Å²) in [5.41, 5.74) is 1.62. The van der Waals surface area contributed by atoms with E-state index in [1.54, 1.807) is 42.6 Å². The molecule has 1 aliphatic heterocycles. The van der Waals surface area contributed by atoms with Crippen LogP contribution in [0.5, 0.6) is 0 Å². The van der Waals surface area contributed by atoms with Crippen molar-refractivity contribution in [2.24, 2.45) is 0 Å². The monoisotopic (exact) mass is 595 g/mol. The second kappa shape index (κ2) is 11.6. The van der Waals surface area contributed by atoms with Crippen molar-refractivity contribution in [1.29, 1.82) is 0 Å². The number of anilines is 1. The molecular formula is C27H22ClN5O5S2. The van der Waals surface area contributed by atoms with Crippen molar-refractivity contribution in [3.63, 3.8) is 0 Å². The van der Waals surface area contributed by atoms with E-state index in [0.717, 1.165) is 15.4 Å². The number of fused-ring (bicyclic) bond motifs is 2. The molecule has 1 aliphatic rings. The summed E-state index contributed by atoms with van der Waals surface area (Å²) < 4.78 is 26.3. The fourth-order valence-electron chi connectivity index (χ4n) is 4.08. The van der Waals surface area contributed by atoms with Crippen LogP contribution >= 0.6 is 23.1 Å². The van der Waals surface area contributed by atoms with Gasteiger partial charge in [-0.2, -0.15) is 0 Å². The quantitative estimate of drug-likeness (QED) is 0.180. The van der Waals surface area contributed by atoms with Gasteiger partial charge in [-0.1, -0.05) is 24.3 Å². The molecule has 0 atom stereocenters. The molecule has 4 aromatic rings. The second-order valence-corrected chi connectivity index (χ2v) is 12.0. The third-order valence-corrected chi connectivity index (χ3v) is 9.18.